The lowest BCUT2D eigenvalue weighted by Gasteiger charge is -2.13. The lowest BCUT2D eigenvalue weighted by atomic mass is 10.0. The molecule has 18 heavy (non-hydrogen) atoms. The fourth-order valence-electron chi connectivity index (χ4n) is 1.98. The van der Waals surface area contributed by atoms with Gasteiger partial charge in [-0.3, -0.25) is 0 Å². The van der Waals surface area contributed by atoms with Gasteiger partial charge in [0, 0.05) is 6.04 Å². The highest BCUT2D eigenvalue weighted by atomic mass is 16.3. The lowest BCUT2D eigenvalue weighted by Crippen LogP contribution is -2.31. The van der Waals surface area contributed by atoms with E-state index in [1.165, 1.54) is 51.4 Å². The third-order valence-corrected chi connectivity index (χ3v) is 3.37. The average Bonchev–Trinajstić information content (AvgIpc) is 2.35. The zero-order valence-corrected chi connectivity index (χ0v) is 12.4. The molecule has 0 aromatic rings. The topological polar surface area (TPSA) is 46.2 Å². The van der Waals surface area contributed by atoms with Crippen molar-refractivity contribution in [2.75, 3.05) is 0 Å². The molecule has 0 aliphatic rings. The van der Waals surface area contributed by atoms with Crippen LogP contribution in [0.4, 0.5) is 0 Å². The first-order chi connectivity index (χ1) is 8.68. The predicted octanol–water partition coefficient (Wildman–Crippen LogP) is 4.17. The summed E-state index contributed by atoms with van der Waals surface area (Å²) < 4.78 is 0. The third-order valence-electron chi connectivity index (χ3n) is 3.37. The fourth-order valence-corrected chi connectivity index (χ4v) is 1.98. The van der Waals surface area contributed by atoms with Gasteiger partial charge in [0.15, 0.2) is 0 Å². The zero-order chi connectivity index (χ0) is 13.6. The number of hydrogen-bond donors (Lipinski definition) is 2. The molecule has 2 nitrogen and oxygen atoms in total. The van der Waals surface area contributed by atoms with Gasteiger partial charge >= 0.3 is 0 Å². The number of unbranched alkanes of at least 4 members (excludes halogenated alkanes) is 7. The second-order valence-electron chi connectivity index (χ2n) is 5.39. The first-order valence-electron chi connectivity index (χ1n) is 7.77. The summed E-state index contributed by atoms with van der Waals surface area (Å²) >= 11 is 0. The summed E-state index contributed by atoms with van der Waals surface area (Å²) in [4.78, 5) is 0. The molecule has 0 heterocycles. The van der Waals surface area contributed by atoms with Gasteiger partial charge < -0.3 is 10.8 Å². The SMILES string of the molecule is CCCCCC/C=C/CCCCCC(O)C(C)N. The summed E-state index contributed by atoms with van der Waals surface area (Å²) in [7, 11) is 0. The number of rotatable bonds is 12. The van der Waals surface area contributed by atoms with E-state index in [1.54, 1.807) is 0 Å². The van der Waals surface area contributed by atoms with Crippen LogP contribution in [0.25, 0.3) is 0 Å². The van der Waals surface area contributed by atoms with Gasteiger partial charge in [0.1, 0.15) is 0 Å². The van der Waals surface area contributed by atoms with Crippen molar-refractivity contribution in [2.45, 2.75) is 90.2 Å². The predicted molar refractivity (Wildman–Crippen MR) is 80.6 cm³/mol. The minimum Gasteiger partial charge on any atom is -0.392 e. The zero-order valence-electron chi connectivity index (χ0n) is 12.4. The molecule has 0 aliphatic carbocycles. The molecule has 0 rings (SSSR count). The number of hydrogen-bond acceptors (Lipinski definition) is 2. The third kappa shape index (κ3) is 12.1. The van der Waals surface area contributed by atoms with Gasteiger partial charge in [-0.15, -0.1) is 0 Å². The highest BCUT2D eigenvalue weighted by Crippen LogP contribution is 2.08. The van der Waals surface area contributed by atoms with Crippen LogP contribution in [0.5, 0.6) is 0 Å². The standard InChI is InChI=1S/C16H33NO/c1-3-4-5-6-7-8-9-10-11-12-13-14-16(18)15(2)17/h8-9,15-16,18H,3-7,10-14,17H2,1-2H3/b9-8+. The van der Waals surface area contributed by atoms with Crippen LogP contribution in [-0.2, 0) is 0 Å². The number of aliphatic hydroxyl groups is 1. The Balaban J connectivity index is 3.17. The van der Waals surface area contributed by atoms with Gasteiger partial charge in [0.05, 0.1) is 6.10 Å². The lowest BCUT2D eigenvalue weighted by molar-refractivity contribution is 0.138. The van der Waals surface area contributed by atoms with E-state index in [0.29, 0.717) is 0 Å². The van der Waals surface area contributed by atoms with E-state index in [-0.39, 0.29) is 12.1 Å². The second kappa shape index (κ2) is 13.1. The van der Waals surface area contributed by atoms with Crippen LogP contribution in [0, 0.1) is 0 Å². The van der Waals surface area contributed by atoms with Crippen molar-refractivity contribution in [3.8, 4) is 0 Å². The molecule has 0 aliphatic heterocycles. The molecule has 2 heteroatoms. The average molecular weight is 255 g/mol. The van der Waals surface area contributed by atoms with Crippen LogP contribution < -0.4 is 5.73 Å². The normalized spacial score (nSPS) is 15.1. The van der Waals surface area contributed by atoms with Gasteiger partial charge in [-0.1, -0.05) is 51.2 Å². The number of aliphatic hydroxyl groups excluding tert-OH is 1. The molecule has 0 spiro atoms. The van der Waals surface area contributed by atoms with E-state index in [1.807, 2.05) is 6.92 Å². The molecule has 0 fully saturated rings. The molecule has 0 radical (unpaired) electrons. The summed E-state index contributed by atoms with van der Waals surface area (Å²) in [5.41, 5.74) is 5.61. The molecule has 0 bridgehead atoms. The molecule has 0 amide bonds. The van der Waals surface area contributed by atoms with Crippen molar-refractivity contribution in [3.63, 3.8) is 0 Å². The van der Waals surface area contributed by atoms with Crippen molar-refractivity contribution >= 4 is 0 Å². The minimum absolute atomic E-state index is 0.0898. The summed E-state index contributed by atoms with van der Waals surface area (Å²) in [6.45, 7) is 4.12. The molecule has 108 valence electrons. The highest BCUT2D eigenvalue weighted by molar-refractivity contribution is 4.81. The fraction of sp³-hybridized carbons (Fsp3) is 0.875. The Labute approximate surface area is 114 Å². The maximum atomic E-state index is 9.53. The Kier molecular flexibility index (Phi) is 12.9. The maximum absolute atomic E-state index is 9.53. The maximum Gasteiger partial charge on any atom is 0.0688 e. The van der Waals surface area contributed by atoms with Crippen molar-refractivity contribution in [3.05, 3.63) is 12.2 Å². The van der Waals surface area contributed by atoms with E-state index in [9.17, 15) is 5.11 Å². The molecule has 0 saturated carbocycles. The van der Waals surface area contributed by atoms with Crippen LogP contribution in [0.3, 0.4) is 0 Å². The van der Waals surface area contributed by atoms with E-state index < -0.39 is 0 Å². The summed E-state index contributed by atoms with van der Waals surface area (Å²) in [5.74, 6) is 0. The molecule has 0 aromatic carbocycles. The van der Waals surface area contributed by atoms with Gasteiger partial charge in [-0.2, -0.15) is 0 Å². The van der Waals surface area contributed by atoms with Gasteiger partial charge in [0.2, 0.25) is 0 Å². The number of allylic oxidation sites excluding steroid dienone is 2. The summed E-state index contributed by atoms with van der Waals surface area (Å²) in [6.07, 6.45) is 16.5. The van der Waals surface area contributed by atoms with E-state index in [4.69, 9.17) is 5.73 Å². The van der Waals surface area contributed by atoms with E-state index >= 15 is 0 Å². The van der Waals surface area contributed by atoms with Crippen molar-refractivity contribution in [2.24, 2.45) is 5.73 Å². The van der Waals surface area contributed by atoms with Crippen molar-refractivity contribution < 1.29 is 5.11 Å². The van der Waals surface area contributed by atoms with Crippen LogP contribution >= 0.6 is 0 Å². The molecular formula is C16H33NO. The van der Waals surface area contributed by atoms with Crippen LogP contribution in [0.2, 0.25) is 0 Å². The monoisotopic (exact) mass is 255 g/mol. The Hall–Kier alpha value is -0.340. The highest BCUT2D eigenvalue weighted by Gasteiger charge is 2.07. The molecule has 2 atom stereocenters. The van der Waals surface area contributed by atoms with E-state index in [2.05, 4.69) is 19.1 Å². The largest absolute Gasteiger partial charge is 0.392 e. The van der Waals surface area contributed by atoms with Crippen LogP contribution in [0.1, 0.15) is 78.1 Å². The van der Waals surface area contributed by atoms with Crippen LogP contribution in [-0.4, -0.2) is 17.3 Å². The Bertz CT molecular complexity index is 190. The molecule has 0 saturated heterocycles. The molecule has 3 N–H and O–H groups in total. The van der Waals surface area contributed by atoms with Crippen LogP contribution in [0.15, 0.2) is 12.2 Å². The van der Waals surface area contributed by atoms with Crippen molar-refractivity contribution in [1.29, 1.82) is 0 Å². The Morgan fingerprint density at radius 2 is 1.50 bits per heavy atom. The van der Waals surface area contributed by atoms with Gasteiger partial charge in [-0.05, 0) is 39.0 Å². The van der Waals surface area contributed by atoms with E-state index in [0.717, 1.165) is 12.8 Å². The minimum atomic E-state index is -0.320. The smallest absolute Gasteiger partial charge is 0.0688 e. The number of nitrogens with two attached hydrogens (primary N) is 1. The quantitative estimate of drug-likeness (QED) is 0.406. The summed E-state index contributed by atoms with van der Waals surface area (Å²) in [6, 6.07) is -0.0898. The van der Waals surface area contributed by atoms with Crippen molar-refractivity contribution in [1.82, 2.24) is 0 Å². The Morgan fingerprint density at radius 3 is 2.00 bits per heavy atom. The molecular weight excluding hydrogens is 222 g/mol. The first kappa shape index (κ1) is 17.7. The molecule has 2 unspecified atom stereocenters. The molecule has 0 aromatic heterocycles. The van der Waals surface area contributed by atoms with Gasteiger partial charge in [0.25, 0.3) is 0 Å². The second-order valence-corrected chi connectivity index (χ2v) is 5.39. The Morgan fingerprint density at radius 1 is 0.944 bits per heavy atom. The van der Waals surface area contributed by atoms with Gasteiger partial charge in [-0.25, -0.2) is 0 Å². The first-order valence-corrected chi connectivity index (χ1v) is 7.77. The summed E-state index contributed by atoms with van der Waals surface area (Å²) in [5, 5.41) is 9.53.